The molecule has 1 aromatic carbocycles. The van der Waals surface area contributed by atoms with Gasteiger partial charge in [0.1, 0.15) is 6.61 Å². The minimum atomic E-state index is -0.101. The van der Waals surface area contributed by atoms with Crippen molar-refractivity contribution in [1.82, 2.24) is 4.90 Å². The number of hydrogen-bond donors (Lipinski definition) is 1. The number of benzene rings is 1. The summed E-state index contributed by atoms with van der Waals surface area (Å²) in [4.78, 5) is 2.22. The Morgan fingerprint density at radius 1 is 1.37 bits per heavy atom. The molecule has 0 saturated heterocycles. The summed E-state index contributed by atoms with van der Waals surface area (Å²) in [6.45, 7) is 6.52. The topological polar surface area (TPSA) is 32.7 Å². The Kier molecular flexibility index (Phi) is 7.20. The maximum atomic E-state index is 8.69. The highest BCUT2D eigenvalue weighted by Gasteiger charge is 2.02. The van der Waals surface area contributed by atoms with Crippen LogP contribution in [-0.4, -0.2) is 42.9 Å². The lowest BCUT2D eigenvalue weighted by Crippen LogP contribution is -2.24. The molecule has 0 aliphatic heterocycles. The Balaban J connectivity index is 2.47. The van der Waals surface area contributed by atoms with Gasteiger partial charge in [0, 0.05) is 18.7 Å². The molecule has 0 radical (unpaired) electrons. The van der Waals surface area contributed by atoms with Crippen molar-refractivity contribution in [3.63, 3.8) is 0 Å². The van der Waals surface area contributed by atoms with Crippen molar-refractivity contribution in [2.24, 2.45) is 0 Å². The van der Waals surface area contributed by atoms with Crippen LogP contribution in [0, 0.1) is 11.8 Å². The second kappa shape index (κ2) is 8.71. The molecule has 0 saturated carbocycles. The van der Waals surface area contributed by atoms with Crippen LogP contribution < -0.4 is 0 Å². The highest BCUT2D eigenvalue weighted by molar-refractivity contribution is 5.37. The molecular formula is C16H23NO2. The molecule has 0 fully saturated rings. The van der Waals surface area contributed by atoms with Crippen LogP contribution in [-0.2, 0) is 11.3 Å². The molecule has 3 nitrogen and oxygen atoms in total. The van der Waals surface area contributed by atoms with Gasteiger partial charge in [0.2, 0.25) is 0 Å². The van der Waals surface area contributed by atoms with Gasteiger partial charge in [-0.2, -0.15) is 0 Å². The highest BCUT2D eigenvalue weighted by atomic mass is 16.5. The van der Waals surface area contributed by atoms with E-state index in [1.54, 1.807) is 0 Å². The maximum Gasteiger partial charge on any atom is 0.104 e. The van der Waals surface area contributed by atoms with E-state index in [2.05, 4.69) is 35.9 Å². The van der Waals surface area contributed by atoms with Crippen LogP contribution in [0.3, 0.4) is 0 Å². The lowest BCUT2D eigenvalue weighted by molar-refractivity contribution is 0.0627. The lowest BCUT2D eigenvalue weighted by atomic mass is 10.1. The average Bonchev–Trinajstić information content (AvgIpc) is 2.36. The van der Waals surface area contributed by atoms with Crippen LogP contribution in [0.25, 0.3) is 0 Å². The number of ether oxygens (including phenoxy) is 1. The van der Waals surface area contributed by atoms with Crippen molar-refractivity contribution in [3.8, 4) is 11.8 Å². The summed E-state index contributed by atoms with van der Waals surface area (Å²) in [5, 5.41) is 8.69. The summed E-state index contributed by atoms with van der Waals surface area (Å²) in [5.41, 5.74) is 2.16. The second-order valence-corrected chi connectivity index (χ2v) is 4.82. The van der Waals surface area contributed by atoms with E-state index in [4.69, 9.17) is 9.84 Å². The van der Waals surface area contributed by atoms with Crippen molar-refractivity contribution in [2.45, 2.75) is 26.5 Å². The molecule has 1 aromatic rings. The summed E-state index contributed by atoms with van der Waals surface area (Å²) < 4.78 is 5.54. The Bertz CT molecular complexity index is 432. The monoisotopic (exact) mass is 261 g/mol. The molecule has 3 heteroatoms. The molecule has 0 amide bonds. The van der Waals surface area contributed by atoms with Gasteiger partial charge in [-0.05, 0) is 38.6 Å². The van der Waals surface area contributed by atoms with Gasteiger partial charge in [0.25, 0.3) is 0 Å². The Hall–Kier alpha value is -1.34. The lowest BCUT2D eigenvalue weighted by Gasteiger charge is -2.17. The predicted octanol–water partition coefficient (Wildman–Crippen LogP) is 1.89. The van der Waals surface area contributed by atoms with E-state index < -0.39 is 0 Å². The molecule has 0 aliphatic carbocycles. The van der Waals surface area contributed by atoms with Crippen molar-refractivity contribution < 1.29 is 9.84 Å². The summed E-state index contributed by atoms with van der Waals surface area (Å²) in [6, 6.07) is 8.09. The van der Waals surface area contributed by atoms with Crippen molar-refractivity contribution in [3.05, 3.63) is 35.4 Å². The molecule has 0 atom stereocenters. The first kappa shape index (κ1) is 15.7. The van der Waals surface area contributed by atoms with Gasteiger partial charge in [-0.1, -0.05) is 24.0 Å². The zero-order valence-corrected chi connectivity index (χ0v) is 12.0. The molecule has 0 heterocycles. The summed E-state index contributed by atoms with van der Waals surface area (Å²) in [6.07, 6.45) is 0.283. The van der Waals surface area contributed by atoms with Gasteiger partial charge >= 0.3 is 0 Å². The second-order valence-electron chi connectivity index (χ2n) is 4.82. The fourth-order valence-corrected chi connectivity index (χ4v) is 1.72. The Morgan fingerprint density at radius 2 is 2.16 bits per heavy atom. The van der Waals surface area contributed by atoms with Crippen molar-refractivity contribution in [1.29, 1.82) is 0 Å². The zero-order valence-electron chi connectivity index (χ0n) is 12.0. The van der Waals surface area contributed by atoms with Crippen molar-refractivity contribution in [2.75, 3.05) is 26.8 Å². The van der Waals surface area contributed by atoms with Gasteiger partial charge in [0.15, 0.2) is 0 Å². The third-order valence-corrected chi connectivity index (χ3v) is 2.62. The first-order valence-electron chi connectivity index (χ1n) is 6.60. The van der Waals surface area contributed by atoms with Gasteiger partial charge in [0.05, 0.1) is 12.7 Å². The summed E-state index contributed by atoms with van der Waals surface area (Å²) in [5.74, 6) is 5.59. The fourth-order valence-electron chi connectivity index (χ4n) is 1.72. The first-order valence-corrected chi connectivity index (χ1v) is 6.60. The van der Waals surface area contributed by atoms with E-state index in [0.29, 0.717) is 0 Å². The van der Waals surface area contributed by atoms with Crippen LogP contribution in [0.4, 0.5) is 0 Å². The van der Waals surface area contributed by atoms with Crippen LogP contribution >= 0.6 is 0 Å². The minimum absolute atomic E-state index is 0.101. The zero-order chi connectivity index (χ0) is 14.1. The molecule has 104 valence electrons. The van der Waals surface area contributed by atoms with Gasteiger partial charge in [-0.15, -0.1) is 0 Å². The number of aliphatic hydroxyl groups excluding tert-OH is 1. The molecular weight excluding hydrogens is 238 g/mol. The number of nitrogens with zero attached hydrogens (tertiary/aromatic N) is 1. The molecule has 1 rings (SSSR count). The largest absolute Gasteiger partial charge is 0.384 e. The molecule has 1 N–H and O–H groups in total. The number of hydrogen-bond acceptors (Lipinski definition) is 3. The highest BCUT2D eigenvalue weighted by Crippen LogP contribution is 2.06. The van der Waals surface area contributed by atoms with Gasteiger partial charge < -0.3 is 9.84 Å². The van der Waals surface area contributed by atoms with E-state index in [9.17, 15) is 0 Å². The predicted molar refractivity (Wildman–Crippen MR) is 77.8 cm³/mol. The Morgan fingerprint density at radius 3 is 2.84 bits per heavy atom. The van der Waals surface area contributed by atoms with E-state index >= 15 is 0 Å². The normalized spacial score (nSPS) is 10.6. The SMILES string of the molecule is CC(C)OCCN(C)Cc1cccc(C#CCO)c1. The summed E-state index contributed by atoms with van der Waals surface area (Å²) >= 11 is 0. The standard InChI is InChI=1S/C16H23NO2/c1-14(2)19-11-9-17(3)13-16-7-4-6-15(12-16)8-5-10-18/h4,6-7,12,14,18H,9-11,13H2,1-3H3. The first-order chi connectivity index (χ1) is 9.11. The molecule has 0 unspecified atom stereocenters. The van der Waals surface area contributed by atoms with E-state index in [1.807, 2.05) is 26.0 Å². The third-order valence-electron chi connectivity index (χ3n) is 2.62. The van der Waals surface area contributed by atoms with Gasteiger partial charge in [-0.25, -0.2) is 0 Å². The molecule has 0 spiro atoms. The smallest absolute Gasteiger partial charge is 0.104 e. The maximum absolute atomic E-state index is 8.69. The Labute approximate surface area is 116 Å². The van der Waals surface area contributed by atoms with E-state index in [0.717, 1.165) is 25.3 Å². The van der Waals surface area contributed by atoms with E-state index in [1.165, 1.54) is 5.56 Å². The number of rotatable bonds is 6. The average molecular weight is 261 g/mol. The quantitative estimate of drug-likeness (QED) is 0.794. The van der Waals surface area contributed by atoms with Crippen molar-refractivity contribution >= 4 is 0 Å². The number of aliphatic hydroxyl groups is 1. The van der Waals surface area contributed by atoms with Crippen LogP contribution in [0.15, 0.2) is 24.3 Å². The third kappa shape index (κ3) is 6.97. The fraction of sp³-hybridized carbons (Fsp3) is 0.500. The van der Waals surface area contributed by atoms with Crippen LogP contribution in [0.1, 0.15) is 25.0 Å². The van der Waals surface area contributed by atoms with E-state index in [-0.39, 0.29) is 12.7 Å². The van der Waals surface area contributed by atoms with Gasteiger partial charge in [-0.3, -0.25) is 4.90 Å². The minimum Gasteiger partial charge on any atom is -0.384 e. The number of likely N-dealkylation sites (N-methyl/N-ethyl adjacent to an activating group) is 1. The molecule has 0 bridgehead atoms. The molecule has 0 aromatic heterocycles. The molecule has 19 heavy (non-hydrogen) atoms. The van der Waals surface area contributed by atoms with Crippen LogP contribution in [0.2, 0.25) is 0 Å². The molecule has 0 aliphatic rings. The summed E-state index contributed by atoms with van der Waals surface area (Å²) in [7, 11) is 2.08. The van der Waals surface area contributed by atoms with Crippen LogP contribution in [0.5, 0.6) is 0 Å².